The molecule has 0 spiro atoms. The van der Waals surface area contributed by atoms with Crippen LogP contribution in [0, 0.1) is 17.1 Å². The Bertz CT molecular complexity index is 573. The molecule has 0 saturated heterocycles. The van der Waals surface area contributed by atoms with Gasteiger partial charge in [0.05, 0.1) is 11.6 Å². The van der Waals surface area contributed by atoms with Crippen molar-refractivity contribution in [1.82, 2.24) is 5.32 Å². The Morgan fingerprint density at radius 2 is 1.89 bits per heavy atom. The van der Waals surface area contributed by atoms with Gasteiger partial charge in [-0.15, -0.1) is 0 Å². The normalized spacial score (nSPS) is 10.1. The van der Waals surface area contributed by atoms with Crippen LogP contribution < -0.4 is 5.32 Å². The molecule has 2 nitrogen and oxygen atoms in total. The molecule has 0 fully saturated rings. The van der Waals surface area contributed by atoms with Crippen LogP contribution in [0.25, 0.3) is 0 Å². The van der Waals surface area contributed by atoms with E-state index in [2.05, 4.69) is 17.4 Å². The first kappa shape index (κ1) is 13.3. The number of hydrogen-bond acceptors (Lipinski definition) is 2. The van der Waals surface area contributed by atoms with Gasteiger partial charge in [-0.2, -0.15) is 5.26 Å². The number of nitrogens with zero attached hydrogens (tertiary/aromatic N) is 1. The minimum absolute atomic E-state index is 0.328. The maximum absolute atomic E-state index is 13.6. The molecule has 0 aliphatic heterocycles. The Morgan fingerprint density at radius 3 is 2.58 bits per heavy atom. The van der Waals surface area contributed by atoms with E-state index >= 15 is 0 Å². The third kappa shape index (κ3) is 3.90. The van der Waals surface area contributed by atoms with Crippen LogP contribution in [0.5, 0.6) is 0 Å². The van der Waals surface area contributed by atoms with E-state index in [-0.39, 0.29) is 5.82 Å². The SMILES string of the molecule is N#Cc1ccc(CNCCc2ccccc2)c(F)c1. The fourth-order valence-corrected chi connectivity index (χ4v) is 1.86. The van der Waals surface area contributed by atoms with Crippen LogP contribution in [0.1, 0.15) is 16.7 Å². The molecule has 0 saturated carbocycles. The lowest BCUT2D eigenvalue weighted by Gasteiger charge is -2.06. The average Bonchev–Trinajstić information content (AvgIpc) is 2.46. The zero-order valence-corrected chi connectivity index (χ0v) is 10.6. The summed E-state index contributed by atoms with van der Waals surface area (Å²) in [5.41, 5.74) is 2.20. The predicted molar refractivity (Wildman–Crippen MR) is 73.0 cm³/mol. The Hall–Kier alpha value is -2.18. The highest BCUT2D eigenvalue weighted by atomic mass is 19.1. The molecule has 0 unspecified atom stereocenters. The summed E-state index contributed by atoms with van der Waals surface area (Å²) in [5, 5.41) is 11.9. The molecule has 0 aromatic heterocycles. The number of nitrogens with one attached hydrogen (secondary N) is 1. The van der Waals surface area contributed by atoms with Gasteiger partial charge in [0, 0.05) is 12.1 Å². The smallest absolute Gasteiger partial charge is 0.129 e. The molecule has 0 aliphatic carbocycles. The van der Waals surface area contributed by atoms with Crippen molar-refractivity contribution < 1.29 is 4.39 Å². The predicted octanol–water partition coefficient (Wildman–Crippen LogP) is 3.03. The van der Waals surface area contributed by atoms with Crippen molar-refractivity contribution in [3.8, 4) is 6.07 Å². The summed E-state index contributed by atoms with van der Waals surface area (Å²) in [6, 6.07) is 16.6. The van der Waals surface area contributed by atoms with Crippen molar-refractivity contribution in [3.63, 3.8) is 0 Å². The van der Waals surface area contributed by atoms with E-state index in [1.807, 2.05) is 24.3 Å². The maximum Gasteiger partial charge on any atom is 0.129 e. The Balaban J connectivity index is 1.82. The van der Waals surface area contributed by atoms with Crippen LogP contribution in [-0.2, 0) is 13.0 Å². The van der Waals surface area contributed by atoms with E-state index in [4.69, 9.17) is 5.26 Å². The number of hydrogen-bond donors (Lipinski definition) is 1. The van der Waals surface area contributed by atoms with Gasteiger partial charge in [0.1, 0.15) is 5.82 Å². The number of benzene rings is 2. The standard InChI is InChI=1S/C16H15FN2/c17-16-10-14(11-18)6-7-15(16)12-19-9-8-13-4-2-1-3-5-13/h1-7,10,19H,8-9,12H2. The second-order valence-electron chi connectivity index (χ2n) is 4.33. The van der Waals surface area contributed by atoms with E-state index in [1.165, 1.54) is 11.6 Å². The average molecular weight is 254 g/mol. The summed E-state index contributed by atoms with van der Waals surface area (Å²) in [5.74, 6) is -0.328. The van der Waals surface area contributed by atoms with Crippen molar-refractivity contribution in [2.24, 2.45) is 0 Å². The van der Waals surface area contributed by atoms with Gasteiger partial charge in [0.15, 0.2) is 0 Å². The van der Waals surface area contributed by atoms with Crippen LogP contribution in [0.15, 0.2) is 48.5 Å². The Kier molecular flexibility index (Phi) is 4.66. The summed E-state index contributed by atoms with van der Waals surface area (Å²) < 4.78 is 13.6. The van der Waals surface area contributed by atoms with Crippen LogP contribution in [0.2, 0.25) is 0 Å². The van der Waals surface area contributed by atoms with Crippen molar-refractivity contribution in [1.29, 1.82) is 5.26 Å². The Labute approximate surface area is 112 Å². The van der Waals surface area contributed by atoms with Crippen molar-refractivity contribution in [2.75, 3.05) is 6.54 Å². The molecular weight excluding hydrogens is 239 g/mol. The van der Waals surface area contributed by atoms with Crippen molar-refractivity contribution >= 4 is 0 Å². The quantitative estimate of drug-likeness (QED) is 0.832. The van der Waals surface area contributed by atoms with Gasteiger partial charge in [-0.25, -0.2) is 4.39 Å². The lowest BCUT2D eigenvalue weighted by molar-refractivity contribution is 0.588. The second kappa shape index (κ2) is 6.67. The van der Waals surface area contributed by atoms with E-state index in [0.717, 1.165) is 13.0 Å². The lowest BCUT2D eigenvalue weighted by Crippen LogP contribution is -2.17. The minimum Gasteiger partial charge on any atom is -0.312 e. The zero-order chi connectivity index (χ0) is 13.5. The molecule has 0 heterocycles. The first-order valence-corrected chi connectivity index (χ1v) is 6.23. The second-order valence-corrected chi connectivity index (χ2v) is 4.33. The van der Waals surface area contributed by atoms with E-state index in [0.29, 0.717) is 17.7 Å². The molecule has 0 atom stereocenters. The highest BCUT2D eigenvalue weighted by molar-refractivity contribution is 5.32. The molecule has 2 rings (SSSR count). The minimum atomic E-state index is -0.328. The number of rotatable bonds is 5. The van der Waals surface area contributed by atoms with Gasteiger partial charge in [-0.3, -0.25) is 0 Å². The summed E-state index contributed by atoms with van der Waals surface area (Å²) >= 11 is 0. The fraction of sp³-hybridized carbons (Fsp3) is 0.188. The summed E-state index contributed by atoms with van der Waals surface area (Å²) in [4.78, 5) is 0. The van der Waals surface area contributed by atoms with Gasteiger partial charge in [0.2, 0.25) is 0 Å². The van der Waals surface area contributed by atoms with E-state index in [1.54, 1.807) is 12.1 Å². The fourth-order valence-electron chi connectivity index (χ4n) is 1.86. The molecule has 3 heteroatoms. The third-order valence-corrected chi connectivity index (χ3v) is 2.93. The largest absolute Gasteiger partial charge is 0.312 e. The maximum atomic E-state index is 13.6. The monoisotopic (exact) mass is 254 g/mol. The van der Waals surface area contributed by atoms with Crippen molar-refractivity contribution in [2.45, 2.75) is 13.0 Å². The van der Waals surface area contributed by atoms with Gasteiger partial charge >= 0.3 is 0 Å². The molecule has 1 N–H and O–H groups in total. The summed E-state index contributed by atoms with van der Waals surface area (Å²) in [7, 11) is 0. The molecule has 0 amide bonds. The van der Waals surface area contributed by atoms with Gasteiger partial charge in [-0.05, 0) is 30.7 Å². The number of halogens is 1. The van der Waals surface area contributed by atoms with Crippen LogP contribution in [-0.4, -0.2) is 6.54 Å². The van der Waals surface area contributed by atoms with E-state index < -0.39 is 0 Å². The molecule has 96 valence electrons. The summed E-state index contributed by atoms with van der Waals surface area (Å²) in [6.07, 6.45) is 0.915. The molecule has 0 bridgehead atoms. The number of nitriles is 1. The first-order valence-electron chi connectivity index (χ1n) is 6.23. The van der Waals surface area contributed by atoms with Crippen molar-refractivity contribution in [3.05, 3.63) is 71.0 Å². The van der Waals surface area contributed by atoms with Crippen LogP contribution in [0.4, 0.5) is 4.39 Å². The first-order chi connectivity index (χ1) is 9.29. The molecule has 2 aromatic carbocycles. The molecule has 0 aliphatic rings. The highest BCUT2D eigenvalue weighted by Gasteiger charge is 2.02. The van der Waals surface area contributed by atoms with Gasteiger partial charge in [0.25, 0.3) is 0 Å². The topological polar surface area (TPSA) is 35.8 Å². The zero-order valence-electron chi connectivity index (χ0n) is 10.6. The lowest BCUT2D eigenvalue weighted by atomic mass is 10.1. The van der Waals surface area contributed by atoms with E-state index in [9.17, 15) is 4.39 Å². The molecule has 19 heavy (non-hydrogen) atoms. The third-order valence-electron chi connectivity index (χ3n) is 2.93. The Morgan fingerprint density at radius 1 is 1.11 bits per heavy atom. The highest BCUT2D eigenvalue weighted by Crippen LogP contribution is 2.09. The van der Waals surface area contributed by atoms with Gasteiger partial charge < -0.3 is 5.32 Å². The molecule has 2 aromatic rings. The van der Waals surface area contributed by atoms with Crippen LogP contribution >= 0.6 is 0 Å². The van der Waals surface area contributed by atoms with Gasteiger partial charge in [-0.1, -0.05) is 36.4 Å². The molecule has 0 radical (unpaired) electrons. The summed E-state index contributed by atoms with van der Waals surface area (Å²) in [6.45, 7) is 1.27. The van der Waals surface area contributed by atoms with Crippen LogP contribution in [0.3, 0.4) is 0 Å². The molecular formula is C16H15FN2.